The summed E-state index contributed by atoms with van der Waals surface area (Å²) >= 11 is 1.40. The maximum absolute atomic E-state index is 13.0. The number of benzene rings is 2. The second-order valence-electron chi connectivity index (χ2n) is 6.08. The molecule has 26 heavy (non-hydrogen) atoms. The van der Waals surface area contributed by atoms with E-state index in [-0.39, 0.29) is 5.82 Å². The van der Waals surface area contributed by atoms with Gasteiger partial charge in [0.05, 0.1) is 18.0 Å². The van der Waals surface area contributed by atoms with Crippen LogP contribution in [-0.2, 0) is 0 Å². The summed E-state index contributed by atoms with van der Waals surface area (Å²) in [4.78, 5) is 5.26. The first kappa shape index (κ1) is 16.7. The quantitative estimate of drug-likeness (QED) is 0.558. The van der Waals surface area contributed by atoms with Crippen LogP contribution in [0.15, 0.2) is 54.7 Å². The number of fused-ring (bicyclic) bond motifs is 1. The number of aromatic nitrogens is 3. The first-order valence-corrected chi connectivity index (χ1v) is 9.01. The molecule has 0 radical (unpaired) electrons. The SMILES string of the molecule is Cc1cccc(C(O)CNc2nn3cc(-c4ccc(F)cc4)nc3s2)c1. The molecule has 0 amide bonds. The van der Waals surface area contributed by atoms with E-state index in [9.17, 15) is 9.50 Å². The maximum atomic E-state index is 13.0. The van der Waals surface area contributed by atoms with Crippen molar-refractivity contribution in [3.63, 3.8) is 0 Å². The van der Waals surface area contributed by atoms with Crippen molar-refractivity contribution in [2.75, 3.05) is 11.9 Å². The molecule has 7 heteroatoms. The van der Waals surface area contributed by atoms with Crippen LogP contribution in [0.1, 0.15) is 17.2 Å². The number of anilines is 1. The van der Waals surface area contributed by atoms with Crippen molar-refractivity contribution >= 4 is 21.4 Å². The highest BCUT2D eigenvalue weighted by atomic mass is 32.1. The normalized spacial score (nSPS) is 12.4. The lowest BCUT2D eigenvalue weighted by Gasteiger charge is -2.11. The Labute approximate surface area is 153 Å². The lowest BCUT2D eigenvalue weighted by Crippen LogP contribution is -2.12. The Morgan fingerprint density at radius 3 is 2.77 bits per heavy atom. The van der Waals surface area contributed by atoms with Crippen molar-refractivity contribution in [1.29, 1.82) is 0 Å². The van der Waals surface area contributed by atoms with Gasteiger partial charge in [-0.15, -0.1) is 5.10 Å². The average molecular weight is 368 g/mol. The topological polar surface area (TPSA) is 62.5 Å². The highest BCUT2D eigenvalue weighted by Crippen LogP contribution is 2.25. The van der Waals surface area contributed by atoms with Crippen LogP contribution in [0.5, 0.6) is 0 Å². The predicted molar refractivity (Wildman–Crippen MR) is 101 cm³/mol. The fourth-order valence-corrected chi connectivity index (χ4v) is 3.50. The van der Waals surface area contributed by atoms with E-state index in [2.05, 4.69) is 15.4 Å². The minimum absolute atomic E-state index is 0.272. The molecule has 0 aliphatic heterocycles. The first-order valence-electron chi connectivity index (χ1n) is 8.19. The van der Waals surface area contributed by atoms with Crippen molar-refractivity contribution in [2.45, 2.75) is 13.0 Å². The molecule has 0 fully saturated rings. The molecule has 0 aliphatic rings. The number of nitrogens with one attached hydrogen (secondary N) is 1. The van der Waals surface area contributed by atoms with Gasteiger partial charge in [-0.1, -0.05) is 41.2 Å². The summed E-state index contributed by atoms with van der Waals surface area (Å²) in [5, 5.41) is 18.6. The van der Waals surface area contributed by atoms with Gasteiger partial charge in [-0.25, -0.2) is 13.9 Å². The maximum Gasteiger partial charge on any atom is 0.214 e. The average Bonchev–Trinajstić information content (AvgIpc) is 3.19. The minimum atomic E-state index is -0.610. The lowest BCUT2D eigenvalue weighted by molar-refractivity contribution is 0.191. The highest BCUT2D eigenvalue weighted by Gasteiger charge is 2.12. The summed E-state index contributed by atoms with van der Waals surface area (Å²) in [5.74, 6) is -0.272. The van der Waals surface area contributed by atoms with Crippen LogP contribution in [0, 0.1) is 12.7 Å². The Morgan fingerprint density at radius 1 is 1.23 bits per heavy atom. The zero-order valence-electron chi connectivity index (χ0n) is 14.1. The predicted octanol–water partition coefficient (Wildman–Crippen LogP) is 4.05. The van der Waals surface area contributed by atoms with Crippen molar-refractivity contribution in [1.82, 2.24) is 14.6 Å². The van der Waals surface area contributed by atoms with Gasteiger partial charge >= 0.3 is 0 Å². The van der Waals surface area contributed by atoms with Crippen LogP contribution < -0.4 is 5.32 Å². The van der Waals surface area contributed by atoms with Gasteiger partial charge in [0, 0.05) is 12.1 Å². The van der Waals surface area contributed by atoms with E-state index in [0.717, 1.165) is 27.3 Å². The molecule has 0 spiro atoms. The monoisotopic (exact) mass is 368 g/mol. The number of hydrogen-bond donors (Lipinski definition) is 2. The number of aliphatic hydroxyl groups is 1. The van der Waals surface area contributed by atoms with Gasteiger partial charge in [0.25, 0.3) is 0 Å². The van der Waals surface area contributed by atoms with Gasteiger partial charge in [0.2, 0.25) is 10.1 Å². The smallest absolute Gasteiger partial charge is 0.214 e. The zero-order valence-corrected chi connectivity index (χ0v) is 14.9. The van der Waals surface area contributed by atoms with Gasteiger partial charge < -0.3 is 10.4 Å². The number of aliphatic hydroxyl groups excluding tert-OH is 1. The number of aryl methyl sites for hydroxylation is 1. The summed E-state index contributed by atoms with van der Waals surface area (Å²) in [7, 11) is 0. The Hall–Kier alpha value is -2.77. The molecular formula is C19H17FN4OS. The number of imidazole rings is 1. The molecule has 4 rings (SSSR count). The molecule has 2 aromatic heterocycles. The molecule has 4 aromatic rings. The van der Waals surface area contributed by atoms with E-state index in [1.807, 2.05) is 31.2 Å². The third-order valence-corrected chi connectivity index (χ3v) is 4.94. The van der Waals surface area contributed by atoms with Crippen molar-refractivity contribution < 1.29 is 9.50 Å². The Balaban J connectivity index is 1.46. The lowest BCUT2D eigenvalue weighted by atomic mass is 10.1. The van der Waals surface area contributed by atoms with Gasteiger partial charge in [0.1, 0.15) is 5.82 Å². The molecule has 0 saturated heterocycles. The number of hydrogen-bond acceptors (Lipinski definition) is 5. The fourth-order valence-electron chi connectivity index (χ4n) is 2.71. The third kappa shape index (κ3) is 3.44. The van der Waals surface area contributed by atoms with E-state index >= 15 is 0 Å². The van der Waals surface area contributed by atoms with Crippen LogP contribution in [0.25, 0.3) is 16.2 Å². The first-order chi connectivity index (χ1) is 12.6. The number of rotatable bonds is 5. The molecule has 1 atom stereocenters. The van der Waals surface area contributed by atoms with Crippen molar-refractivity contribution in [3.05, 3.63) is 71.7 Å². The Morgan fingerprint density at radius 2 is 2.04 bits per heavy atom. The summed E-state index contributed by atoms with van der Waals surface area (Å²) < 4.78 is 14.7. The minimum Gasteiger partial charge on any atom is -0.387 e. The molecule has 0 aliphatic carbocycles. The largest absolute Gasteiger partial charge is 0.387 e. The van der Waals surface area contributed by atoms with Gasteiger partial charge in [-0.3, -0.25) is 0 Å². The number of halogens is 1. The summed E-state index contributed by atoms with van der Waals surface area (Å²) in [6.07, 6.45) is 1.20. The van der Waals surface area contributed by atoms with Crippen LogP contribution in [-0.4, -0.2) is 26.2 Å². The molecule has 0 saturated carbocycles. The van der Waals surface area contributed by atoms with E-state index in [0.29, 0.717) is 11.7 Å². The van der Waals surface area contributed by atoms with E-state index in [1.54, 1.807) is 22.8 Å². The molecule has 1 unspecified atom stereocenters. The Bertz CT molecular complexity index is 1010. The fraction of sp³-hybridized carbons (Fsp3) is 0.158. The van der Waals surface area contributed by atoms with Crippen molar-refractivity contribution in [3.8, 4) is 11.3 Å². The number of nitrogens with zero attached hydrogens (tertiary/aromatic N) is 3. The highest BCUT2D eigenvalue weighted by molar-refractivity contribution is 7.20. The van der Waals surface area contributed by atoms with Crippen LogP contribution >= 0.6 is 11.3 Å². The van der Waals surface area contributed by atoms with Gasteiger partial charge in [0.15, 0.2) is 0 Å². The van der Waals surface area contributed by atoms with E-state index < -0.39 is 6.10 Å². The van der Waals surface area contributed by atoms with E-state index in [4.69, 9.17) is 0 Å². The molecule has 2 aromatic carbocycles. The molecule has 132 valence electrons. The second kappa shape index (κ2) is 6.86. The molecule has 0 bridgehead atoms. The van der Waals surface area contributed by atoms with Crippen LogP contribution in [0.4, 0.5) is 9.52 Å². The molecule has 5 nitrogen and oxygen atoms in total. The summed E-state index contributed by atoms with van der Waals surface area (Å²) in [6, 6.07) is 14.0. The second-order valence-corrected chi connectivity index (χ2v) is 7.03. The van der Waals surface area contributed by atoms with Crippen LogP contribution in [0.3, 0.4) is 0 Å². The standard InChI is InChI=1S/C19H17FN4OS/c1-12-3-2-4-14(9-12)17(25)10-21-18-23-24-11-16(22-19(24)26-18)13-5-7-15(20)8-6-13/h2-9,11,17,25H,10H2,1H3,(H,21,23). The summed E-state index contributed by atoms with van der Waals surface area (Å²) in [6.45, 7) is 2.36. The molecular weight excluding hydrogens is 351 g/mol. The zero-order chi connectivity index (χ0) is 18.1. The summed E-state index contributed by atoms with van der Waals surface area (Å²) in [5.41, 5.74) is 3.57. The molecule has 2 N–H and O–H groups in total. The third-order valence-electron chi connectivity index (χ3n) is 4.06. The Kier molecular flexibility index (Phi) is 4.40. The van der Waals surface area contributed by atoms with Crippen molar-refractivity contribution in [2.24, 2.45) is 0 Å². The molecule has 2 heterocycles. The van der Waals surface area contributed by atoms with E-state index in [1.165, 1.54) is 23.5 Å². The van der Waals surface area contributed by atoms with Gasteiger partial charge in [-0.05, 0) is 36.8 Å². The van der Waals surface area contributed by atoms with Crippen LogP contribution in [0.2, 0.25) is 0 Å². The van der Waals surface area contributed by atoms with Gasteiger partial charge in [-0.2, -0.15) is 0 Å².